The van der Waals surface area contributed by atoms with E-state index < -0.39 is 10.2 Å². The molecule has 1 unspecified atom stereocenters. The Morgan fingerprint density at radius 2 is 2.35 bits per heavy atom. The van der Waals surface area contributed by atoms with E-state index in [4.69, 9.17) is 4.74 Å². The Hall–Kier alpha value is -0.700. The molecule has 2 heterocycles. The van der Waals surface area contributed by atoms with E-state index in [0.29, 0.717) is 24.7 Å². The van der Waals surface area contributed by atoms with Crippen LogP contribution in [0.3, 0.4) is 0 Å². The van der Waals surface area contributed by atoms with Crippen LogP contribution in [0, 0.1) is 0 Å². The second kappa shape index (κ2) is 4.89. The van der Waals surface area contributed by atoms with Crippen molar-refractivity contribution in [2.24, 2.45) is 0 Å². The van der Waals surface area contributed by atoms with E-state index in [0.717, 1.165) is 0 Å². The number of hydrogen-bond donors (Lipinski definition) is 0. The van der Waals surface area contributed by atoms with Crippen LogP contribution < -0.4 is 4.74 Å². The second-order valence-electron chi connectivity index (χ2n) is 3.97. The molecule has 6 nitrogen and oxygen atoms in total. The highest BCUT2D eigenvalue weighted by Crippen LogP contribution is 2.22. The average Bonchev–Trinajstić information content (AvgIpc) is 2.89. The number of rotatable bonds is 4. The minimum absolute atomic E-state index is 0.101. The van der Waals surface area contributed by atoms with Gasteiger partial charge in [-0.25, -0.2) is 4.98 Å². The van der Waals surface area contributed by atoms with Crippen molar-refractivity contribution in [2.45, 2.75) is 12.5 Å². The number of hydrogen-bond acceptors (Lipinski definition) is 5. The molecule has 0 amide bonds. The first kappa shape index (κ1) is 12.7. The van der Waals surface area contributed by atoms with Gasteiger partial charge >= 0.3 is 0 Å². The molecule has 0 radical (unpaired) electrons. The van der Waals surface area contributed by atoms with Gasteiger partial charge in [-0.1, -0.05) is 11.3 Å². The SMILES string of the molecule is CN(C)S(=O)(=O)N1CCC(Oc2nccs2)C1. The molecule has 0 aliphatic carbocycles. The summed E-state index contributed by atoms with van der Waals surface area (Å²) in [6.07, 6.45) is 2.27. The molecule has 17 heavy (non-hydrogen) atoms. The highest BCUT2D eigenvalue weighted by atomic mass is 32.2. The standard InChI is InChI=1S/C9H15N3O3S2/c1-11(2)17(13,14)12-5-3-8(7-12)15-9-10-4-6-16-9/h4,6,8H,3,5,7H2,1-2H3. The normalized spacial score (nSPS) is 22.2. The third kappa shape index (κ3) is 2.76. The van der Waals surface area contributed by atoms with Crippen LogP contribution in [-0.4, -0.2) is 55.3 Å². The average molecular weight is 277 g/mol. The molecule has 0 bridgehead atoms. The van der Waals surface area contributed by atoms with Gasteiger partial charge in [-0.15, -0.1) is 0 Å². The highest BCUT2D eigenvalue weighted by molar-refractivity contribution is 7.86. The predicted octanol–water partition coefficient (Wildman–Crippen LogP) is 0.403. The number of aromatic nitrogens is 1. The third-order valence-corrected chi connectivity index (χ3v) is 5.14. The van der Waals surface area contributed by atoms with Gasteiger partial charge in [0.15, 0.2) is 0 Å². The highest BCUT2D eigenvalue weighted by Gasteiger charge is 2.34. The molecular formula is C9H15N3O3S2. The fraction of sp³-hybridized carbons (Fsp3) is 0.667. The van der Waals surface area contributed by atoms with Crippen LogP contribution in [0.4, 0.5) is 0 Å². The lowest BCUT2D eigenvalue weighted by Crippen LogP contribution is -2.39. The van der Waals surface area contributed by atoms with E-state index in [1.165, 1.54) is 34.0 Å². The molecular weight excluding hydrogens is 262 g/mol. The summed E-state index contributed by atoms with van der Waals surface area (Å²) in [6, 6.07) is 0. The summed E-state index contributed by atoms with van der Waals surface area (Å²) in [5, 5.41) is 2.43. The Bertz CT molecular complexity index is 458. The molecule has 1 atom stereocenters. The van der Waals surface area contributed by atoms with Crippen molar-refractivity contribution in [3.63, 3.8) is 0 Å². The molecule has 1 aliphatic heterocycles. The van der Waals surface area contributed by atoms with Crippen molar-refractivity contribution in [3.05, 3.63) is 11.6 Å². The number of ether oxygens (including phenoxy) is 1. The molecule has 0 saturated carbocycles. The fourth-order valence-electron chi connectivity index (χ4n) is 1.65. The third-order valence-electron chi connectivity index (χ3n) is 2.57. The van der Waals surface area contributed by atoms with Crippen LogP contribution in [0.25, 0.3) is 0 Å². The summed E-state index contributed by atoms with van der Waals surface area (Å²) in [5.41, 5.74) is 0. The van der Waals surface area contributed by atoms with E-state index >= 15 is 0 Å². The van der Waals surface area contributed by atoms with Gasteiger partial charge in [0.25, 0.3) is 15.4 Å². The molecule has 1 aliphatic rings. The van der Waals surface area contributed by atoms with E-state index in [1.807, 2.05) is 5.38 Å². The first-order chi connectivity index (χ1) is 8.00. The first-order valence-electron chi connectivity index (χ1n) is 5.24. The van der Waals surface area contributed by atoms with Crippen LogP contribution in [0.5, 0.6) is 5.19 Å². The summed E-state index contributed by atoms with van der Waals surface area (Å²) >= 11 is 1.41. The Morgan fingerprint density at radius 1 is 1.59 bits per heavy atom. The quantitative estimate of drug-likeness (QED) is 0.799. The molecule has 0 N–H and O–H groups in total. The zero-order valence-corrected chi connectivity index (χ0v) is 11.4. The molecule has 0 aromatic carbocycles. The van der Waals surface area contributed by atoms with Crippen LogP contribution in [-0.2, 0) is 10.2 Å². The zero-order valence-electron chi connectivity index (χ0n) is 9.74. The maximum Gasteiger partial charge on any atom is 0.281 e. The van der Waals surface area contributed by atoms with E-state index in [2.05, 4.69) is 4.98 Å². The van der Waals surface area contributed by atoms with Gasteiger partial charge in [0, 0.05) is 32.2 Å². The summed E-state index contributed by atoms with van der Waals surface area (Å²) < 4.78 is 32.0. The van der Waals surface area contributed by atoms with Crippen molar-refractivity contribution >= 4 is 21.5 Å². The smallest absolute Gasteiger partial charge is 0.281 e. The molecule has 96 valence electrons. The molecule has 1 aromatic rings. The monoisotopic (exact) mass is 277 g/mol. The summed E-state index contributed by atoms with van der Waals surface area (Å²) in [4.78, 5) is 4.02. The lowest BCUT2D eigenvalue weighted by Gasteiger charge is -2.20. The summed E-state index contributed by atoms with van der Waals surface area (Å²) in [5.74, 6) is 0. The van der Waals surface area contributed by atoms with E-state index in [1.54, 1.807) is 6.20 Å². The maximum absolute atomic E-state index is 11.9. The van der Waals surface area contributed by atoms with Gasteiger partial charge in [-0.2, -0.15) is 17.0 Å². The van der Waals surface area contributed by atoms with Crippen molar-refractivity contribution in [3.8, 4) is 5.19 Å². The Kier molecular flexibility index (Phi) is 3.67. The van der Waals surface area contributed by atoms with Crippen LogP contribution in [0.15, 0.2) is 11.6 Å². The molecule has 8 heteroatoms. The van der Waals surface area contributed by atoms with Crippen LogP contribution in [0.2, 0.25) is 0 Å². The van der Waals surface area contributed by atoms with Crippen LogP contribution >= 0.6 is 11.3 Å². The molecule has 1 aromatic heterocycles. The van der Waals surface area contributed by atoms with E-state index in [9.17, 15) is 8.42 Å². The zero-order chi connectivity index (χ0) is 12.5. The topological polar surface area (TPSA) is 62.7 Å². The Balaban J connectivity index is 1.96. The van der Waals surface area contributed by atoms with Gasteiger partial charge in [-0.05, 0) is 6.42 Å². The van der Waals surface area contributed by atoms with Crippen molar-refractivity contribution in [1.29, 1.82) is 0 Å². The van der Waals surface area contributed by atoms with Gasteiger partial charge in [-0.3, -0.25) is 0 Å². The number of nitrogens with zero attached hydrogens (tertiary/aromatic N) is 3. The fourth-order valence-corrected chi connectivity index (χ4v) is 3.35. The lowest BCUT2D eigenvalue weighted by molar-refractivity contribution is 0.213. The molecule has 1 saturated heterocycles. The maximum atomic E-state index is 11.9. The molecule has 1 fully saturated rings. The predicted molar refractivity (Wildman–Crippen MR) is 65.3 cm³/mol. The van der Waals surface area contributed by atoms with Gasteiger partial charge < -0.3 is 4.74 Å². The van der Waals surface area contributed by atoms with Gasteiger partial charge in [0.2, 0.25) is 0 Å². The van der Waals surface area contributed by atoms with Crippen LogP contribution in [0.1, 0.15) is 6.42 Å². The minimum Gasteiger partial charge on any atom is -0.465 e. The summed E-state index contributed by atoms with van der Waals surface area (Å²) in [7, 11) is -0.255. The minimum atomic E-state index is -3.32. The molecule has 2 rings (SSSR count). The summed E-state index contributed by atoms with van der Waals surface area (Å²) in [6.45, 7) is 0.886. The van der Waals surface area contributed by atoms with Crippen molar-refractivity contribution < 1.29 is 13.2 Å². The van der Waals surface area contributed by atoms with Gasteiger partial charge in [0.05, 0.1) is 6.54 Å². The first-order valence-corrected chi connectivity index (χ1v) is 7.51. The second-order valence-corrected chi connectivity index (χ2v) is 6.97. The largest absolute Gasteiger partial charge is 0.465 e. The Morgan fingerprint density at radius 3 is 2.94 bits per heavy atom. The lowest BCUT2D eigenvalue weighted by atomic mass is 10.3. The number of thiazole rings is 1. The molecule has 0 spiro atoms. The van der Waals surface area contributed by atoms with Crippen molar-refractivity contribution in [1.82, 2.24) is 13.6 Å². The van der Waals surface area contributed by atoms with Crippen molar-refractivity contribution in [2.75, 3.05) is 27.2 Å². The van der Waals surface area contributed by atoms with Gasteiger partial charge in [0.1, 0.15) is 6.10 Å². The Labute approximate surface area is 105 Å². The van der Waals surface area contributed by atoms with E-state index in [-0.39, 0.29) is 6.10 Å².